The number of methoxy groups -OCH3 is 1. The van der Waals surface area contributed by atoms with Crippen molar-refractivity contribution in [3.05, 3.63) is 0 Å². The summed E-state index contributed by atoms with van der Waals surface area (Å²) in [6, 6.07) is 0. The summed E-state index contributed by atoms with van der Waals surface area (Å²) in [6.07, 6.45) is 6.68. The molecule has 1 saturated heterocycles. The Balaban J connectivity index is 2.12. The molecule has 0 amide bonds. The lowest BCUT2D eigenvalue weighted by Crippen LogP contribution is -2.60. The minimum Gasteiger partial charge on any atom is -0.384 e. The van der Waals surface area contributed by atoms with Crippen LogP contribution in [0.3, 0.4) is 0 Å². The summed E-state index contributed by atoms with van der Waals surface area (Å²) >= 11 is 0. The highest BCUT2D eigenvalue weighted by molar-refractivity contribution is 5.03. The molecule has 3 nitrogen and oxygen atoms in total. The van der Waals surface area contributed by atoms with Gasteiger partial charge in [-0.3, -0.25) is 4.90 Å². The van der Waals surface area contributed by atoms with E-state index in [4.69, 9.17) is 10.5 Å². The first-order valence-electron chi connectivity index (χ1n) is 8.08. The van der Waals surface area contributed by atoms with Gasteiger partial charge < -0.3 is 10.5 Å². The highest BCUT2D eigenvalue weighted by Gasteiger charge is 2.47. The van der Waals surface area contributed by atoms with Gasteiger partial charge in [0.1, 0.15) is 0 Å². The van der Waals surface area contributed by atoms with Crippen molar-refractivity contribution in [1.82, 2.24) is 4.90 Å². The fourth-order valence-electron chi connectivity index (χ4n) is 4.59. The Hall–Kier alpha value is -0.120. The van der Waals surface area contributed by atoms with Gasteiger partial charge in [0.15, 0.2) is 0 Å². The fourth-order valence-corrected chi connectivity index (χ4v) is 4.59. The Morgan fingerprint density at radius 2 is 2.11 bits per heavy atom. The molecule has 3 atom stereocenters. The molecular formula is C16H32N2O. The van der Waals surface area contributed by atoms with E-state index < -0.39 is 0 Å². The first-order valence-corrected chi connectivity index (χ1v) is 8.08. The molecular weight excluding hydrogens is 236 g/mol. The minimum absolute atomic E-state index is 0.273. The smallest absolute Gasteiger partial charge is 0.0503 e. The van der Waals surface area contributed by atoms with Gasteiger partial charge in [-0.15, -0.1) is 0 Å². The lowest BCUT2D eigenvalue weighted by Gasteiger charge is -2.51. The Labute approximate surface area is 118 Å². The predicted molar refractivity (Wildman–Crippen MR) is 80.1 cm³/mol. The minimum atomic E-state index is 0.273. The summed E-state index contributed by atoms with van der Waals surface area (Å²) in [6.45, 7) is 8.90. The Morgan fingerprint density at radius 1 is 1.32 bits per heavy atom. The predicted octanol–water partition coefficient (Wildman–Crippen LogP) is 2.50. The van der Waals surface area contributed by atoms with E-state index in [-0.39, 0.29) is 5.54 Å². The Morgan fingerprint density at radius 3 is 2.74 bits per heavy atom. The van der Waals surface area contributed by atoms with Gasteiger partial charge in [0.25, 0.3) is 0 Å². The van der Waals surface area contributed by atoms with Crippen molar-refractivity contribution < 1.29 is 4.74 Å². The third-order valence-corrected chi connectivity index (χ3v) is 5.54. The van der Waals surface area contributed by atoms with E-state index in [0.717, 1.165) is 25.0 Å². The van der Waals surface area contributed by atoms with Crippen LogP contribution in [0.1, 0.15) is 46.0 Å². The maximum absolute atomic E-state index is 6.29. The topological polar surface area (TPSA) is 38.5 Å². The van der Waals surface area contributed by atoms with Gasteiger partial charge in [-0.25, -0.2) is 0 Å². The zero-order chi connectivity index (χ0) is 13.9. The molecule has 0 aromatic carbocycles. The molecule has 2 fully saturated rings. The van der Waals surface area contributed by atoms with Crippen LogP contribution >= 0.6 is 0 Å². The molecule has 3 heteroatoms. The third-order valence-electron chi connectivity index (χ3n) is 5.54. The number of rotatable bonds is 5. The zero-order valence-electron chi connectivity index (χ0n) is 13.0. The van der Waals surface area contributed by atoms with E-state index in [0.29, 0.717) is 5.92 Å². The summed E-state index contributed by atoms with van der Waals surface area (Å²) in [5.74, 6) is 2.22. The van der Waals surface area contributed by atoms with E-state index in [1.165, 1.54) is 45.2 Å². The summed E-state index contributed by atoms with van der Waals surface area (Å²) in [5, 5.41) is 0. The lowest BCUT2D eigenvalue weighted by molar-refractivity contribution is -0.00302. The van der Waals surface area contributed by atoms with Gasteiger partial charge in [-0.2, -0.15) is 0 Å². The van der Waals surface area contributed by atoms with Crippen LogP contribution in [0, 0.1) is 17.8 Å². The molecule has 19 heavy (non-hydrogen) atoms. The van der Waals surface area contributed by atoms with E-state index in [9.17, 15) is 0 Å². The molecule has 1 aliphatic carbocycles. The molecule has 1 aliphatic heterocycles. The van der Waals surface area contributed by atoms with Crippen molar-refractivity contribution >= 4 is 0 Å². The molecule has 2 rings (SSSR count). The maximum Gasteiger partial charge on any atom is 0.0503 e. The molecule has 0 spiro atoms. The van der Waals surface area contributed by atoms with Crippen molar-refractivity contribution in [3.8, 4) is 0 Å². The first-order chi connectivity index (χ1) is 9.14. The molecule has 0 radical (unpaired) electrons. The number of ether oxygens (including phenoxy) is 1. The van der Waals surface area contributed by atoms with Crippen molar-refractivity contribution in [2.24, 2.45) is 23.5 Å². The van der Waals surface area contributed by atoms with Crippen LogP contribution in [0.4, 0.5) is 0 Å². The Kier molecular flexibility index (Phi) is 5.27. The van der Waals surface area contributed by atoms with Crippen LogP contribution in [0.5, 0.6) is 0 Å². The second-order valence-corrected chi connectivity index (χ2v) is 6.96. The highest BCUT2D eigenvalue weighted by Crippen LogP contribution is 2.43. The largest absolute Gasteiger partial charge is 0.384 e. The molecule has 112 valence electrons. The standard InChI is InChI=1S/C16H32N2O/c1-13(2)15-6-4-5-8-16(15,12-17)18-9-7-14(10-18)11-19-3/h13-15H,4-12,17H2,1-3H3. The van der Waals surface area contributed by atoms with Crippen molar-refractivity contribution in [1.29, 1.82) is 0 Å². The monoisotopic (exact) mass is 268 g/mol. The van der Waals surface area contributed by atoms with Crippen LogP contribution in [-0.2, 0) is 4.74 Å². The van der Waals surface area contributed by atoms with Crippen LogP contribution in [0.2, 0.25) is 0 Å². The SMILES string of the molecule is COCC1CCN(C2(CN)CCCCC2C(C)C)C1. The van der Waals surface area contributed by atoms with E-state index in [1.807, 2.05) is 7.11 Å². The van der Waals surface area contributed by atoms with Crippen molar-refractivity contribution in [2.75, 3.05) is 33.4 Å². The molecule has 2 aliphatic rings. The van der Waals surface area contributed by atoms with Crippen molar-refractivity contribution in [3.63, 3.8) is 0 Å². The van der Waals surface area contributed by atoms with Gasteiger partial charge >= 0.3 is 0 Å². The summed E-state index contributed by atoms with van der Waals surface area (Å²) in [7, 11) is 1.82. The lowest BCUT2D eigenvalue weighted by atomic mass is 9.67. The average molecular weight is 268 g/mol. The van der Waals surface area contributed by atoms with Gasteiger partial charge in [0.2, 0.25) is 0 Å². The number of hydrogen-bond acceptors (Lipinski definition) is 3. The molecule has 3 unspecified atom stereocenters. The second-order valence-electron chi connectivity index (χ2n) is 6.96. The summed E-state index contributed by atoms with van der Waals surface area (Å²) in [5.41, 5.74) is 6.57. The van der Waals surface area contributed by atoms with Gasteiger partial charge in [-0.05, 0) is 43.6 Å². The quantitative estimate of drug-likeness (QED) is 0.832. The molecule has 0 bridgehead atoms. The first kappa shape index (κ1) is 15.3. The third kappa shape index (κ3) is 2.98. The molecule has 2 N–H and O–H groups in total. The van der Waals surface area contributed by atoms with E-state index in [1.54, 1.807) is 0 Å². The molecule has 0 aromatic heterocycles. The number of likely N-dealkylation sites (tertiary alicyclic amines) is 1. The second kappa shape index (κ2) is 6.55. The molecule has 1 saturated carbocycles. The summed E-state index contributed by atoms with van der Waals surface area (Å²) < 4.78 is 5.34. The van der Waals surface area contributed by atoms with Crippen LogP contribution in [0.25, 0.3) is 0 Å². The van der Waals surface area contributed by atoms with Crippen LogP contribution in [-0.4, -0.2) is 43.8 Å². The summed E-state index contributed by atoms with van der Waals surface area (Å²) in [4.78, 5) is 2.72. The Bertz CT molecular complexity index is 282. The van der Waals surface area contributed by atoms with Gasteiger partial charge in [0.05, 0.1) is 6.61 Å². The average Bonchev–Trinajstić information content (AvgIpc) is 2.88. The zero-order valence-corrected chi connectivity index (χ0v) is 13.0. The molecule has 0 aromatic rings. The number of hydrogen-bond donors (Lipinski definition) is 1. The van der Waals surface area contributed by atoms with Crippen LogP contribution < -0.4 is 5.73 Å². The molecule has 1 heterocycles. The van der Waals surface area contributed by atoms with Gasteiger partial charge in [0, 0.05) is 25.7 Å². The normalized spacial score (nSPS) is 37.1. The number of nitrogens with zero attached hydrogens (tertiary/aromatic N) is 1. The van der Waals surface area contributed by atoms with E-state index >= 15 is 0 Å². The fraction of sp³-hybridized carbons (Fsp3) is 1.00. The number of nitrogens with two attached hydrogens (primary N) is 1. The van der Waals surface area contributed by atoms with Crippen molar-refractivity contribution in [2.45, 2.75) is 51.5 Å². The maximum atomic E-state index is 6.29. The van der Waals surface area contributed by atoms with Gasteiger partial charge in [-0.1, -0.05) is 26.7 Å². The highest BCUT2D eigenvalue weighted by atomic mass is 16.5. The van der Waals surface area contributed by atoms with Crippen LogP contribution in [0.15, 0.2) is 0 Å². The van der Waals surface area contributed by atoms with E-state index in [2.05, 4.69) is 18.7 Å².